The summed E-state index contributed by atoms with van der Waals surface area (Å²) in [6.07, 6.45) is 0. The quantitative estimate of drug-likeness (QED) is 0.692. The molecular weight excluding hydrogens is 306 g/mol. The van der Waals surface area contributed by atoms with E-state index in [2.05, 4.69) is 10.1 Å². The topological polar surface area (TPSA) is 60.6 Å². The van der Waals surface area contributed by atoms with Gasteiger partial charge in [-0.25, -0.2) is 0 Å². The molecule has 0 aliphatic heterocycles. The summed E-state index contributed by atoms with van der Waals surface area (Å²) in [5, 5.41) is 4.05. The van der Waals surface area contributed by atoms with Crippen molar-refractivity contribution in [3.63, 3.8) is 0 Å². The SMILES string of the molecule is COc1ccc(OC)c(CN(C)c2noc(-c3ccccc3)n2)c1. The minimum atomic E-state index is 0.495. The zero-order valence-corrected chi connectivity index (χ0v) is 13.9. The van der Waals surface area contributed by atoms with Crippen LogP contribution in [0.15, 0.2) is 53.1 Å². The maximum Gasteiger partial charge on any atom is 0.266 e. The fourth-order valence-corrected chi connectivity index (χ4v) is 2.40. The van der Waals surface area contributed by atoms with E-state index in [-0.39, 0.29) is 0 Å². The molecule has 24 heavy (non-hydrogen) atoms. The lowest BCUT2D eigenvalue weighted by molar-refractivity contribution is 0.398. The van der Waals surface area contributed by atoms with Crippen LogP contribution in [0.25, 0.3) is 11.5 Å². The zero-order valence-electron chi connectivity index (χ0n) is 13.9. The monoisotopic (exact) mass is 325 g/mol. The van der Waals surface area contributed by atoms with Crippen molar-refractivity contribution in [1.82, 2.24) is 10.1 Å². The van der Waals surface area contributed by atoms with Crippen LogP contribution < -0.4 is 14.4 Å². The second-order valence-corrected chi connectivity index (χ2v) is 5.30. The van der Waals surface area contributed by atoms with Crippen molar-refractivity contribution in [3.8, 4) is 23.0 Å². The molecule has 6 heteroatoms. The number of hydrogen-bond acceptors (Lipinski definition) is 6. The molecule has 0 fully saturated rings. The van der Waals surface area contributed by atoms with Crippen LogP contribution in [-0.4, -0.2) is 31.4 Å². The molecule has 2 aromatic carbocycles. The first-order chi connectivity index (χ1) is 11.7. The van der Waals surface area contributed by atoms with E-state index in [1.54, 1.807) is 14.2 Å². The van der Waals surface area contributed by atoms with E-state index >= 15 is 0 Å². The molecule has 0 atom stereocenters. The van der Waals surface area contributed by atoms with Crippen molar-refractivity contribution >= 4 is 5.95 Å². The van der Waals surface area contributed by atoms with E-state index in [9.17, 15) is 0 Å². The fraction of sp³-hybridized carbons (Fsp3) is 0.222. The van der Waals surface area contributed by atoms with E-state index < -0.39 is 0 Å². The second kappa shape index (κ2) is 7.04. The van der Waals surface area contributed by atoms with E-state index in [1.165, 1.54) is 0 Å². The largest absolute Gasteiger partial charge is 0.497 e. The molecule has 0 spiro atoms. The van der Waals surface area contributed by atoms with Gasteiger partial charge in [0.25, 0.3) is 11.8 Å². The summed E-state index contributed by atoms with van der Waals surface area (Å²) in [7, 11) is 5.19. The Bertz CT molecular complexity index is 802. The first-order valence-corrected chi connectivity index (χ1v) is 7.52. The highest BCUT2D eigenvalue weighted by Crippen LogP contribution is 2.26. The van der Waals surface area contributed by atoms with Crippen molar-refractivity contribution in [2.24, 2.45) is 0 Å². The Morgan fingerprint density at radius 3 is 2.54 bits per heavy atom. The predicted molar refractivity (Wildman–Crippen MR) is 91.4 cm³/mol. The first kappa shape index (κ1) is 15.9. The first-order valence-electron chi connectivity index (χ1n) is 7.52. The van der Waals surface area contributed by atoms with E-state index in [0.29, 0.717) is 18.4 Å². The molecule has 124 valence electrons. The van der Waals surface area contributed by atoms with Gasteiger partial charge in [0.1, 0.15) is 11.5 Å². The van der Waals surface area contributed by atoms with Crippen LogP contribution in [0, 0.1) is 0 Å². The summed E-state index contributed by atoms with van der Waals surface area (Å²) in [6, 6.07) is 15.4. The average Bonchev–Trinajstić information content (AvgIpc) is 3.12. The van der Waals surface area contributed by atoms with E-state index in [4.69, 9.17) is 14.0 Å². The highest BCUT2D eigenvalue weighted by Gasteiger charge is 2.14. The molecule has 0 amide bonds. The van der Waals surface area contributed by atoms with Crippen LogP contribution in [0.1, 0.15) is 5.56 Å². The van der Waals surface area contributed by atoms with Gasteiger partial charge in [-0.05, 0) is 35.5 Å². The smallest absolute Gasteiger partial charge is 0.266 e. The average molecular weight is 325 g/mol. The summed E-state index contributed by atoms with van der Waals surface area (Å²) >= 11 is 0. The molecule has 0 saturated carbocycles. The second-order valence-electron chi connectivity index (χ2n) is 5.30. The Labute approximate surface area is 140 Å². The zero-order chi connectivity index (χ0) is 16.9. The number of ether oxygens (including phenoxy) is 2. The molecule has 0 radical (unpaired) electrons. The van der Waals surface area contributed by atoms with Gasteiger partial charge in [0, 0.05) is 24.7 Å². The Balaban J connectivity index is 1.81. The molecule has 0 N–H and O–H groups in total. The number of rotatable bonds is 6. The van der Waals surface area contributed by atoms with Crippen LogP contribution in [0.3, 0.4) is 0 Å². The van der Waals surface area contributed by atoms with Gasteiger partial charge in [-0.2, -0.15) is 4.98 Å². The van der Waals surface area contributed by atoms with Gasteiger partial charge in [-0.15, -0.1) is 0 Å². The highest BCUT2D eigenvalue weighted by atomic mass is 16.5. The van der Waals surface area contributed by atoms with E-state index in [0.717, 1.165) is 22.6 Å². The van der Waals surface area contributed by atoms with Gasteiger partial charge < -0.3 is 18.9 Å². The molecule has 3 aromatic rings. The van der Waals surface area contributed by atoms with Crippen LogP contribution in [0.5, 0.6) is 11.5 Å². The van der Waals surface area contributed by atoms with Crippen molar-refractivity contribution in [3.05, 3.63) is 54.1 Å². The van der Waals surface area contributed by atoms with Crippen molar-refractivity contribution in [2.75, 3.05) is 26.2 Å². The summed E-state index contributed by atoms with van der Waals surface area (Å²) in [5.41, 5.74) is 1.87. The summed E-state index contributed by atoms with van der Waals surface area (Å²) < 4.78 is 16.0. The third-order valence-corrected chi connectivity index (χ3v) is 3.67. The lowest BCUT2D eigenvalue weighted by Crippen LogP contribution is -2.18. The lowest BCUT2D eigenvalue weighted by Gasteiger charge is -2.17. The minimum absolute atomic E-state index is 0.495. The van der Waals surface area contributed by atoms with Crippen molar-refractivity contribution in [2.45, 2.75) is 6.54 Å². The number of benzene rings is 2. The van der Waals surface area contributed by atoms with Crippen LogP contribution in [-0.2, 0) is 6.54 Å². The fourth-order valence-electron chi connectivity index (χ4n) is 2.40. The Hall–Kier alpha value is -3.02. The molecule has 0 aliphatic rings. The predicted octanol–water partition coefficient (Wildman–Crippen LogP) is 3.39. The maximum atomic E-state index is 5.41. The normalized spacial score (nSPS) is 10.5. The van der Waals surface area contributed by atoms with Crippen molar-refractivity contribution in [1.29, 1.82) is 0 Å². The third-order valence-electron chi connectivity index (χ3n) is 3.67. The van der Waals surface area contributed by atoms with Gasteiger partial charge >= 0.3 is 0 Å². The van der Waals surface area contributed by atoms with Crippen LogP contribution in [0.2, 0.25) is 0 Å². The maximum absolute atomic E-state index is 5.41. The number of hydrogen-bond donors (Lipinski definition) is 0. The summed E-state index contributed by atoms with van der Waals surface area (Å²) in [5.74, 6) is 2.57. The van der Waals surface area contributed by atoms with Gasteiger partial charge in [0.15, 0.2) is 0 Å². The molecule has 0 aliphatic carbocycles. The summed E-state index contributed by atoms with van der Waals surface area (Å²) in [6.45, 7) is 0.564. The van der Waals surface area contributed by atoms with Gasteiger partial charge in [-0.1, -0.05) is 18.2 Å². The molecule has 1 aromatic heterocycles. The number of nitrogens with zero attached hydrogens (tertiary/aromatic N) is 3. The molecule has 0 unspecified atom stereocenters. The number of aromatic nitrogens is 2. The Morgan fingerprint density at radius 1 is 1.04 bits per heavy atom. The Morgan fingerprint density at radius 2 is 1.83 bits per heavy atom. The number of anilines is 1. The van der Waals surface area contributed by atoms with Crippen molar-refractivity contribution < 1.29 is 14.0 Å². The third kappa shape index (κ3) is 3.32. The van der Waals surface area contributed by atoms with Gasteiger partial charge in [0.05, 0.1) is 14.2 Å². The Kier molecular flexibility index (Phi) is 4.65. The van der Waals surface area contributed by atoms with E-state index in [1.807, 2.05) is 60.5 Å². The standard InChI is InChI=1S/C18H19N3O3/c1-21(12-14-11-15(22-2)9-10-16(14)23-3)18-19-17(24-20-18)13-7-5-4-6-8-13/h4-11H,12H2,1-3H3. The minimum Gasteiger partial charge on any atom is -0.497 e. The molecule has 6 nitrogen and oxygen atoms in total. The van der Waals surface area contributed by atoms with Crippen LogP contribution in [0.4, 0.5) is 5.95 Å². The van der Waals surface area contributed by atoms with Crippen LogP contribution >= 0.6 is 0 Å². The molecule has 1 heterocycles. The molecule has 0 saturated heterocycles. The molecular formula is C18H19N3O3. The highest BCUT2D eigenvalue weighted by molar-refractivity contribution is 5.54. The molecule has 3 rings (SSSR count). The lowest BCUT2D eigenvalue weighted by atomic mass is 10.2. The molecule has 0 bridgehead atoms. The van der Waals surface area contributed by atoms with Gasteiger partial charge in [-0.3, -0.25) is 0 Å². The summed E-state index contributed by atoms with van der Waals surface area (Å²) in [4.78, 5) is 6.35. The van der Waals surface area contributed by atoms with Gasteiger partial charge in [0.2, 0.25) is 0 Å². The number of methoxy groups -OCH3 is 2.